The van der Waals surface area contributed by atoms with Crippen molar-refractivity contribution >= 4 is 17.9 Å². The number of carboxylic acids is 1. The Balaban J connectivity index is 2.29. The van der Waals surface area contributed by atoms with Crippen LogP contribution in [0.25, 0.3) is 0 Å². The fourth-order valence-electron chi connectivity index (χ4n) is 1.36. The number of carboxylic acid groups (broad SMARTS) is 1. The van der Waals surface area contributed by atoms with Crippen molar-refractivity contribution in [2.45, 2.75) is 12.8 Å². The van der Waals surface area contributed by atoms with Gasteiger partial charge in [0.15, 0.2) is 0 Å². The number of carbonyl (C=O) groups is 3. The number of nitrogens with one attached hydrogen (secondary N) is 2. The largest absolute Gasteiger partial charge is 0.481 e. The molecule has 1 aliphatic heterocycles. The molecule has 0 saturated carbocycles. The molecule has 0 unspecified atom stereocenters. The zero-order chi connectivity index (χ0) is 12.0. The third-order valence-corrected chi connectivity index (χ3v) is 2.21. The topological polar surface area (TPSA) is 98.7 Å². The highest BCUT2D eigenvalue weighted by Crippen LogP contribution is 1.96. The number of amides is 3. The quantitative estimate of drug-likeness (QED) is 0.577. The molecule has 1 heterocycles. The van der Waals surface area contributed by atoms with E-state index in [1.807, 2.05) is 0 Å². The van der Waals surface area contributed by atoms with Gasteiger partial charge in [-0.25, -0.2) is 4.79 Å². The second kappa shape index (κ2) is 5.94. The maximum absolute atomic E-state index is 11.5. The first-order chi connectivity index (χ1) is 7.59. The summed E-state index contributed by atoms with van der Waals surface area (Å²) in [6.45, 7) is 1.35. The van der Waals surface area contributed by atoms with E-state index in [0.29, 0.717) is 19.6 Å². The maximum Gasteiger partial charge on any atom is 0.317 e. The van der Waals surface area contributed by atoms with E-state index in [1.54, 1.807) is 0 Å². The van der Waals surface area contributed by atoms with Crippen molar-refractivity contribution < 1.29 is 19.5 Å². The van der Waals surface area contributed by atoms with Gasteiger partial charge in [-0.3, -0.25) is 9.59 Å². The normalized spacial score (nSPS) is 16.2. The molecule has 1 saturated heterocycles. The molecule has 0 aromatic heterocycles. The molecule has 0 aliphatic carbocycles. The molecule has 3 amide bonds. The van der Waals surface area contributed by atoms with Crippen molar-refractivity contribution in [3.63, 3.8) is 0 Å². The van der Waals surface area contributed by atoms with Gasteiger partial charge in [0.2, 0.25) is 5.91 Å². The van der Waals surface area contributed by atoms with Crippen LogP contribution in [0.15, 0.2) is 0 Å². The minimum absolute atomic E-state index is 0.0687. The smallest absolute Gasteiger partial charge is 0.317 e. The molecule has 1 fully saturated rings. The molecule has 7 nitrogen and oxygen atoms in total. The minimum atomic E-state index is -0.951. The number of aliphatic carboxylic acids is 1. The summed E-state index contributed by atoms with van der Waals surface area (Å²) in [7, 11) is 0. The highest BCUT2D eigenvalue weighted by atomic mass is 16.4. The molecule has 0 atom stereocenters. The molecule has 3 N–H and O–H groups in total. The summed E-state index contributed by atoms with van der Waals surface area (Å²) in [5.74, 6) is -1.02. The van der Waals surface area contributed by atoms with E-state index in [-0.39, 0.29) is 31.3 Å². The molecule has 0 radical (unpaired) electrons. The highest BCUT2D eigenvalue weighted by Gasteiger charge is 2.17. The Morgan fingerprint density at radius 1 is 1.44 bits per heavy atom. The van der Waals surface area contributed by atoms with Gasteiger partial charge >= 0.3 is 12.0 Å². The lowest BCUT2D eigenvalue weighted by Crippen LogP contribution is -2.42. The van der Waals surface area contributed by atoms with E-state index >= 15 is 0 Å². The van der Waals surface area contributed by atoms with Crippen LogP contribution in [0.4, 0.5) is 4.79 Å². The fourth-order valence-corrected chi connectivity index (χ4v) is 1.36. The summed E-state index contributed by atoms with van der Waals surface area (Å²) in [6.07, 6.45) is 0.184. The number of nitrogens with zero attached hydrogens (tertiary/aromatic N) is 1. The predicted molar refractivity (Wildman–Crippen MR) is 54.9 cm³/mol. The van der Waals surface area contributed by atoms with Gasteiger partial charge < -0.3 is 20.6 Å². The van der Waals surface area contributed by atoms with Crippen LogP contribution >= 0.6 is 0 Å². The molecule has 0 bridgehead atoms. The molecule has 16 heavy (non-hydrogen) atoms. The number of rotatable bonds is 3. The van der Waals surface area contributed by atoms with Gasteiger partial charge in [-0.05, 0) is 0 Å². The summed E-state index contributed by atoms with van der Waals surface area (Å²) in [6, 6.07) is -0.322. The van der Waals surface area contributed by atoms with Crippen LogP contribution in [0.3, 0.4) is 0 Å². The van der Waals surface area contributed by atoms with E-state index in [9.17, 15) is 14.4 Å². The standard InChI is InChI=1S/C9H15N3O4/c13-7-2-5-12(6-4-10-7)9(16)11-3-1-8(14)15/h1-6H2,(H,10,13)(H,11,16)(H,14,15). The molecule has 7 heteroatoms. The van der Waals surface area contributed by atoms with Crippen LogP contribution in [0.5, 0.6) is 0 Å². The third-order valence-electron chi connectivity index (χ3n) is 2.21. The molecule has 1 rings (SSSR count). The lowest BCUT2D eigenvalue weighted by atomic mass is 10.4. The molecular weight excluding hydrogens is 214 g/mol. The third kappa shape index (κ3) is 4.16. The van der Waals surface area contributed by atoms with Gasteiger partial charge in [0.1, 0.15) is 0 Å². The molecule has 0 aromatic rings. The zero-order valence-corrected chi connectivity index (χ0v) is 8.86. The summed E-state index contributed by atoms with van der Waals surface area (Å²) >= 11 is 0. The van der Waals surface area contributed by atoms with Crippen molar-refractivity contribution in [2.24, 2.45) is 0 Å². The first-order valence-corrected chi connectivity index (χ1v) is 5.11. The summed E-state index contributed by atoms with van der Waals surface area (Å²) in [5, 5.41) is 13.5. The Bertz CT molecular complexity index is 292. The van der Waals surface area contributed by atoms with Crippen LogP contribution in [0.2, 0.25) is 0 Å². The number of hydrogen-bond donors (Lipinski definition) is 3. The summed E-state index contributed by atoms with van der Waals surface area (Å²) in [5.41, 5.74) is 0. The Morgan fingerprint density at radius 2 is 2.19 bits per heavy atom. The van der Waals surface area contributed by atoms with Crippen molar-refractivity contribution in [1.29, 1.82) is 0 Å². The molecule has 0 spiro atoms. The van der Waals surface area contributed by atoms with Crippen molar-refractivity contribution in [1.82, 2.24) is 15.5 Å². The zero-order valence-electron chi connectivity index (χ0n) is 8.86. The monoisotopic (exact) mass is 229 g/mol. The number of urea groups is 1. The lowest BCUT2D eigenvalue weighted by Gasteiger charge is -2.19. The van der Waals surface area contributed by atoms with Gasteiger partial charge in [0.25, 0.3) is 0 Å². The first-order valence-electron chi connectivity index (χ1n) is 5.11. The molecule has 90 valence electrons. The average Bonchev–Trinajstić information content (AvgIpc) is 2.42. The second-order valence-electron chi connectivity index (χ2n) is 3.46. The van der Waals surface area contributed by atoms with Crippen molar-refractivity contribution in [2.75, 3.05) is 26.2 Å². The van der Waals surface area contributed by atoms with Gasteiger partial charge in [-0.1, -0.05) is 0 Å². The van der Waals surface area contributed by atoms with Crippen molar-refractivity contribution in [3.05, 3.63) is 0 Å². The number of carbonyl (C=O) groups excluding carboxylic acids is 2. The Hall–Kier alpha value is -1.79. The average molecular weight is 229 g/mol. The fraction of sp³-hybridized carbons (Fsp3) is 0.667. The van der Waals surface area contributed by atoms with E-state index in [4.69, 9.17) is 5.11 Å². The van der Waals surface area contributed by atoms with Crippen LogP contribution in [-0.4, -0.2) is 54.1 Å². The van der Waals surface area contributed by atoms with Gasteiger partial charge in [-0.15, -0.1) is 0 Å². The van der Waals surface area contributed by atoms with Crippen LogP contribution in [-0.2, 0) is 9.59 Å². The summed E-state index contributed by atoms with van der Waals surface area (Å²) < 4.78 is 0. The Morgan fingerprint density at radius 3 is 2.88 bits per heavy atom. The minimum Gasteiger partial charge on any atom is -0.481 e. The van der Waals surface area contributed by atoms with Crippen LogP contribution in [0, 0.1) is 0 Å². The van der Waals surface area contributed by atoms with E-state index in [2.05, 4.69) is 10.6 Å². The number of hydrogen-bond acceptors (Lipinski definition) is 3. The summed E-state index contributed by atoms with van der Waals surface area (Å²) in [4.78, 5) is 34.3. The van der Waals surface area contributed by atoms with Crippen molar-refractivity contribution in [3.8, 4) is 0 Å². The Kier molecular flexibility index (Phi) is 4.56. The molecule has 0 aromatic carbocycles. The van der Waals surface area contributed by atoms with Crippen LogP contribution < -0.4 is 10.6 Å². The van der Waals surface area contributed by atoms with Gasteiger partial charge in [0.05, 0.1) is 6.42 Å². The second-order valence-corrected chi connectivity index (χ2v) is 3.46. The predicted octanol–water partition coefficient (Wildman–Crippen LogP) is -1.01. The van der Waals surface area contributed by atoms with E-state index < -0.39 is 5.97 Å². The molecule has 1 aliphatic rings. The van der Waals surface area contributed by atoms with Gasteiger partial charge in [0, 0.05) is 32.6 Å². The van der Waals surface area contributed by atoms with E-state index in [0.717, 1.165) is 0 Å². The highest BCUT2D eigenvalue weighted by molar-refractivity contribution is 5.79. The van der Waals surface area contributed by atoms with E-state index in [1.165, 1.54) is 4.90 Å². The lowest BCUT2D eigenvalue weighted by molar-refractivity contribution is -0.136. The first kappa shape index (κ1) is 12.3. The molecular formula is C9H15N3O4. The maximum atomic E-state index is 11.5. The van der Waals surface area contributed by atoms with Crippen LogP contribution in [0.1, 0.15) is 12.8 Å². The van der Waals surface area contributed by atoms with Gasteiger partial charge in [-0.2, -0.15) is 0 Å². The SMILES string of the molecule is O=C(O)CCNC(=O)N1CCNC(=O)CC1. The Labute approximate surface area is 92.8 Å².